The number of rotatable bonds is 7. The van der Waals surface area contributed by atoms with Crippen LogP contribution >= 0.6 is 11.3 Å². The predicted octanol–water partition coefficient (Wildman–Crippen LogP) is 7.28. The molecule has 1 aliphatic carbocycles. The molecule has 5 rings (SSSR count). The molecule has 174 valence electrons. The van der Waals surface area contributed by atoms with Gasteiger partial charge in [0.25, 0.3) is 0 Å². The fourth-order valence-corrected chi connectivity index (χ4v) is 7.00. The fourth-order valence-electron chi connectivity index (χ4n) is 6.05. The van der Waals surface area contributed by atoms with Gasteiger partial charge in [-0.05, 0) is 71.7 Å². The highest BCUT2D eigenvalue weighted by molar-refractivity contribution is 7.17. The Morgan fingerprint density at radius 1 is 1.03 bits per heavy atom. The molecule has 33 heavy (non-hydrogen) atoms. The maximum Gasteiger partial charge on any atom is 0.0662 e. The Kier molecular flexibility index (Phi) is 7.01. The van der Waals surface area contributed by atoms with Crippen LogP contribution in [0.1, 0.15) is 63.0 Å². The first-order valence-corrected chi connectivity index (χ1v) is 13.6. The van der Waals surface area contributed by atoms with Gasteiger partial charge in [-0.1, -0.05) is 80.8 Å². The zero-order valence-corrected chi connectivity index (χ0v) is 20.7. The van der Waals surface area contributed by atoms with E-state index in [1.807, 2.05) is 11.3 Å². The summed E-state index contributed by atoms with van der Waals surface area (Å²) in [6.07, 6.45) is 10.5. The van der Waals surface area contributed by atoms with Gasteiger partial charge in [0.1, 0.15) is 0 Å². The van der Waals surface area contributed by atoms with Crippen molar-refractivity contribution >= 4 is 27.0 Å². The van der Waals surface area contributed by atoms with Crippen LogP contribution in [0.2, 0.25) is 0 Å². The number of hydrogen-bond donors (Lipinski definition) is 1. The lowest BCUT2D eigenvalue weighted by Crippen LogP contribution is -2.45. The summed E-state index contributed by atoms with van der Waals surface area (Å²) in [5.74, 6) is 0.433. The minimum atomic E-state index is -0.271. The Balaban J connectivity index is 1.29. The third kappa shape index (κ3) is 4.82. The van der Waals surface area contributed by atoms with Crippen LogP contribution < -0.4 is 0 Å². The number of thiophene rings is 1. The Hall–Kier alpha value is -1.94. The van der Waals surface area contributed by atoms with Crippen molar-refractivity contribution in [2.75, 3.05) is 19.6 Å². The summed E-state index contributed by atoms with van der Waals surface area (Å²) in [5.41, 5.74) is 4.01. The molecule has 0 saturated heterocycles. The number of aliphatic hydroxyl groups is 1. The van der Waals surface area contributed by atoms with Crippen LogP contribution in [0.3, 0.4) is 0 Å². The molecule has 2 unspecified atom stereocenters. The lowest BCUT2D eigenvalue weighted by molar-refractivity contribution is 0.0117. The summed E-state index contributed by atoms with van der Waals surface area (Å²) in [5, 5.41) is 15.2. The van der Waals surface area contributed by atoms with E-state index in [0.717, 1.165) is 32.5 Å². The van der Waals surface area contributed by atoms with Crippen LogP contribution in [0.4, 0.5) is 0 Å². The highest BCUT2D eigenvalue weighted by atomic mass is 32.1. The maximum atomic E-state index is 11.6. The van der Waals surface area contributed by atoms with Crippen molar-refractivity contribution in [2.45, 2.75) is 63.4 Å². The Bertz CT molecular complexity index is 1080. The minimum Gasteiger partial charge on any atom is -0.392 e. The molecule has 1 aliphatic heterocycles. The molecule has 1 N–H and O–H groups in total. The average Bonchev–Trinajstić information content (AvgIpc) is 3.37. The molecule has 0 bridgehead atoms. The van der Waals surface area contributed by atoms with Crippen LogP contribution in [0.15, 0.2) is 66.1 Å². The van der Waals surface area contributed by atoms with Gasteiger partial charge in [0.05, 0.1) is 6.10 Å². The van der Waals surface area contributed by atoms with Gasteiger partial charge in [0, 0.05) is 23.2 Å². The maximum absolute atomic E-state index is 11.6. The minimum absolute atomic E-state index is 0.199. The van der Waals surface area contributed by atoms with Gasteiger partial charge in [0.15, 0.2) is 0 Å². The summed E-state index contributed by atoms with van der Waals surface area (Å²) in [6, 6.07) is 19.7. The molecule has 0 radical (unpaired) electrons. The second-order valence-corrected chi connectivity index (χ2v) is 11.2. The van der Waals surface area contributed by atoms with Crippen molar-refractivity contribution in [2.24, 2.45) is 5.92 Å². The molecular formula is C30H37NOS. The summed E-state index contributed by atoms with van der Waals surface area (Å²) in [4.78, 5) is 2.58. The molecule has 1 saturated carbocycles. The Morgan fingerprint density at radius 2 is 1.85 bits per heavy atom. The van der Waals surface area contributed by atoms with Crippen molar-refractivity contribution in [3.63, 3.8) is 0 Å². The standard InChI is InChI=1S/C30H37NOS/c1-30(26-12-6-3-7-13-26,29(32)25-9-4-2-5-10-25)18-21-31-19-15-23(16-20-31)27-14-8-11-24-17-22-33-28(24)27/h3,6-8,11-15,17,22,25,29,32H,2,4-5,9-10,16,18-21H2,1H3. The van der Waals surface area contributed by atoms with E-state index in [0.29, 0.717) is 5.92 Å². The molecular weight excluding hydrogens is 422 g/mol. The van der Waals surface area contributed by atoms with Crippen LogP contribution in [0.25, 0.3) is 15.7 Å². The first-order chi connectivity index (χ1) is 16.1. The highest BCUT2D eigenvalue weighted by Gasteiger charge is 2.39. The number of fused-ring (bicyclic) bond motifs is 1. The van der Waals surface area contributed by atoms with Crippen molar-refractivity contribution in [3.8, 4) is 0 Å². The molecule has 3 aromatic rings. The van der Waals surface area contributed by atoms with E-state index >= 15 is 0 Å². The topological polar surface area (TPSA) is 23.5 Å². The second kappa shape index (κ2) is 10.1. The zero-order valence-electron chi connectivity index (χ0n) is 19.9. The van der Waals surface area contributed by atoms with Crippen molar-refractivity contribution in [1.82, 2.24) is 4.90 Å². The van der Waals surface area contributed by atoms with E-state index in [4.69, 9.17) is 0 Å². The van der Waals surface area contributed by atoms with Crippen LogP contribution in [0, 0.1) is 5.92 Å². The number of benzene rings is 2. The number of hydrogen-bond acceptors (Lipinski definition) is 3. The van der Waals surface area contributed by atoms with E-state index in [2.05, 4.69) is 77.9 Å². The van der Waals surface area contributed by atoms with Crippen LogP contribution in [0.5, 0.6) is 0 Å². The zero-order chi connectivity index (χ0) is 22.7. The Labute approximate surface area is 203 Å². The monoisotopic (exact) mass is 459 g/mol. The molecule has 2 nitrogen and oxygen atoms in total. The molecule has 2 aromatic carbocycles. The number of aliphatic hydroxyl groups excluding tert-OH is 1. The van der Waals surface area contributed by atoms with Gasteiger partial charge in [-0.3, -0.25) is 4.90 Å². The fraction of sp³-hybridized carbons (Fsp3) is 0.467. The van der Waals surface area contributed by atoms with Crippen LogP contribution in [-0.4, -0.2) is 35.7 Å². The molecule has 2 atom stereocenters. The van der Waals surface area contributed by atoms with Gasteiger partial charge >= 0.3 is 0 Å². The van der Waals surface area contributed by atoms with Gasteiger partial charge in [0.2, 0.25) is 0 Å². The SMILES string of the molecule is CC(CCN1CC=C(c2cccc3ccsc23)CC1)(c1ccccc1)C(O)C1CCCCC1. The van der Waals surface area contributed by atoms with Gasteiger partial charge in [-0.25, -0.2) is 0 Å². The quantitative estimate of drug-likeness (QED) is 0.401. The lowest BCUT2D eigenvalue weighted by Gasteiger charge is -2.42. The van der Waals surface area contributed by atoms with Gasteiger partial charge in [-0.15, -0.1) is 11.3 Å². The largest absolute Gasteiger partial charge is 0.392 e. The summed E-state index contributed by atoms with van der Waals surface area (Å²) in [6.45, 7) is 5.44. The van der Waals surface area contributed by atoms with E-state index in [-0.39, 0.29) is 11.5 Å². The Morgan fingerprint density at radius 3 is 2.61 bits per heavy atom. The highest BCUT2D eigenvalue weighted by Crippen LogP contribution is 2.40. The third-order valence-corrected chi connectivity index (χ3v) is 9.21. The molecule has 3 heteroatoms. The lowest BCUT2D eigenvalue weighted by atomic mass is 9.67. The van der Waals surface area contributed by atoms with E-state index in [1.165, 1.54) is 58.9 Å². The molecule has 1 aromatic heterocycles. The van der Waals surface area contributed by atoms with Gasteiger partial charge < -0.3 is 5.11 Å². The van der Waals surface area contributed by atoms with Crippen molar-refractivity contribution in [1.29, 1.82) is 0 Å². The van der Waals surface area contributed by atoms with Gasteiger partial charge in [-0.2, -0.15) is 0 Å². The third-order valence-electron chi connectivity index (χ3n) is 8.25. The normalized spacial score (nSPS) is 21.0. The van der Waals surface area contributed by atoms with E-state index < -0.39 is 0 Å². The second-order valence-electron chi connectivity index (χ2n) is 10.3. The van der Waals surface area contributed by atoms with Crippen molar-refractivity contribution < 1.29 is 5.11 Å². The predicted molar refractivity (Wildman–Crippen MR) is 142 cm³/mol. The summed E-state index contributed by atoms with van der Waals surface area (Å²) >= 11 is 1.85. The average molecular weight is 460 g/mol. The summed E-state index contributed by atoms with van der Waals surface area (Å²) in [7, 11) is 0. The van der Waals surface area contributed by atoms with Crippen molar-refractivity contribution in [3.05, 3.63) is 77.2 Å². The molecule has 1 fully saturated rings. The number of nitrogens with zero attached hydrogens (tertiary/aromatic N) is 1. The van der Waals surface area contributed by atoms with E-state index in [1.54, 1.807) is 0 Å². The van der Waals surface area contributed by atoms with E-state index in [9.17, 15) is 5.11 Å². The first-order valence-electron chi connectivity index (χ1n) is 12.8. The molecule has 0 amide bonds. The molecule has 2 heterocycles. The molecule has 0 spiro atoms. The summed E-state index contributed by atoms with van der Waals surface area (Å²) < 4.78 is 1.42. The molecule has 2 aliphatic rings. The smallest absolute Gasteiger partial charge is 0.0662 e. The van der Waals surface area contributed by atoms with Crippen LogP contribution in [-0.2, 0) is 5.41 Å². The first kappa shape index (κ1) is 22.8.